The Morgan fingerprint density at radius 1 is 0.824 bits per heavy atom. The summed E-state index contributed by atoms with van der Waals surface area (Å²) >= 11 is 0. The van der Waals surface area contributed by atoms with Crippen molar-refractivity contribution in [2.45, 2.75) is 0 Å². The Bertz CT molecular complexity index is 1380. The molecular weight excluding hydrogens is 438 g/mol. The second kappa shape index (κ2) is 9.58. The van der Waals surface area contributed by atoms with E-state index in [1.54, 1.807) is 67.8 Å². The smallest absolute Gasteiger partial charge is 0.257 e. The van der Waals surface area contributed by atoms with Gasteiger partial charge in [0.25, 0.3) is 5.91 Å². The van der Waals surface area contributed by atoms with Gasteiger partial charge in [-0.15, -0.1) is 0 Å². The Morgan fingerprint density at radius 3 is 2.06 bits per heavy atom. The number of rotatable bonds is 7. The monoisotopic (exact) mass is 461 g/mol. The molecule has 1 amide bonds. The van der Waals surface area contributed by atoms with Crippen molar-refractivity contribution in [3.63, 3.8) is 0 Å². The zero-order valence-electron chi connectivity index (χ0n) is 19.1. The summed E-state index contributed by atoms with van der Waals surface area (Å²) in [5.41, 5.74) is 0.973. The molecule has 4 rings (SSSR count). The van der Waals surface area contributed by atoms with E-state index in [1.165, 1.54) is 21.3 Å². The first kappa shape index (κ1) is 22.7. The van der Waals surface area contributed by atoms with Crippen LogP contribution in [0.1, 0.15) is 10.4 Å². The molecule has 0 unspecified atom stereocenters. The molecule has 8 nitrogen and oxygen atoms in total. The molecular formula is C26H23NO7. The van der Waals surface area contributed by atoms with Gasteiger partial charge in [0.15, 0.2) is 11.5 Å². The van der Waals surface area contributed by atoms with Crippen LogP contribution in [0, 0.1) is 0 Å². The summed E-state index contributed by atoms with van der Waals surface area (Å²) < 4.78 is 27.4. The number of anilines is 1. The fourth-order valence-electron chi connectivity index (χ4n) is 3.64. The lowest BCUT2D eigenvalue weighted by Crippen LogP contribution is -2.16. The van der Waals surface area contributed by atoms with Gasteiger partial charge in [-0.05, 0) is 54.1 Å². The fraction of sp³-hybridized carbons (Fsp3) is 0.154. The van der Waals surface area contributed by atoms with Crippen molar-refractivity contribution >= 4 is 22.8 Å². The number of para-hydroxylation sites is 1. The summed E-state index contributed by atoms with van der Waals surface area (Å²) in [5, 5.41) is 3.11. The highest BCUT2D eigenvalue weighted by Crippen LogP contribution is 2.42. The molecule has 0 spiro atoms. The van der Waals surface area contributed by atoms with Crippen LogP contribution in [0.4, 0.5) is 5.88 Å². The van der Waals surface area contributed by atoms with E-state index in [9.17, 15) is 9.59 Å². The lowest BCUT2D eigenvalue weighted by atomic mass is 10.0. The number of carbonyl (C=O) groups excluding carboxylic acids is 1. The normalized spacial score (nSPS) is 10.6. The standard InChI is InChI=1S/C26H23NO7/c1-30-17-11-9-15(10-12-17)25(29)27-26-22(23(28)18-7-5-6-8-19(18)34-26)16-13-20(31-2)24(33-4)21(14-16)32-3/h5-14H,1-4H3,(H,27,29). The van der Waals surface area contributed by atoms with Crippen molar-refractivity contribution in [3.8, 4) is 34.1 Å². The Balaban J connectivity index is 1.91. The number of amides is 1. The molecule has 1 aromatic heterocycles. The van der Waals surface area contributed by atoms with Crippen molar-refractivity contribution in [2.75, 3.05) is 33.8 Å². The zero-order chi connectivity index (χ0) is 24.2. The second-order valence-corrected chi connectivity index (χ2v) is 7.23. The third kappa shape index (κ3) is 4.13. The van der Waals surface area contributed by atoms with Gasteiger partial charge in [-0.25, -0.2) is 0 Å². The number of benzene rings is 3. The van der Waals surface area contributed by atoms with Gasteiger partial charge in [-0.2, -0.15) is 0 Å². The fourth-order valence-corrected chi connectivity index (χ4v) is 3.64. The van der Waals surface area contributed by atoms with Crippen LogP contribution in [-0.2, 0) is 0 Å². The number of hydrogen-bond acceptors (Lipinski definition) is 7. The van der Waals surface area contributed by atoms with E-state index in [4.69, 9.17) is 23.4 Å². The molecule has 0 aliphatic rings. The highest BCUT2D eigenvalue weighted by atomic mass is 16.5. The summed E-state index contributed by atoms with van der Waals surface area (Å²) in [6.45, 7) is 0. The average Bonchev–Trinajstić information content (AvgIpc) is 2.88. The van der Waals surface area contributed by atoms with Gasteiger partial charge in [0.2, 0.25) is 17.1 Å². The largest absolute Gasteiger partial charge is 0.497 e. The summed E-state index contributed by atoms with van der Waals surface area (Å²) in [6.07, 6.45) is 0. The number of hydrogen-bond donors (Lipinski definition) is 1. The Hall–Kier alpha value is -4.46. The molecule has 8 heteroatoms. The van der Waals surface area contributed by atoms with Crippen LogP contribution in [0.3, 0.4) is 0 Å². The maximum atomic E-state index is 13.6. The average molecular weight is 461 g/mol. The van der Waals surface area contributed by atoms with Gasteiger partial charge in [0.05, 0.1) is 39.4 Å². The first-order valence-electron chi connectivity index (χ1n) is 10.3. The van der Waals surface area contributed by atoms with Gasteiger partial charge in [0.1, 0.15) is 11.3 Å². The van der Waals surface area contributed by atoms with E-state index >= 15 is 0 Å². The van der Waals surface area contributed by atoms with Crippen LogP contribution in [0.5, 0.6) is 23.0 Å². The Morgan fingerprint density at radius 2 is 1.47 bits per heavy atom. The van der Waals surface area contributed by atoms with Gasteiger partial charge >= 0.3 is 0 Å². The molecule has 0 bridgehead atoms. The van der Waals surface area contributed by atoms with E-state index in [0.717, 1.165) is 0 Å². The molecule has 34 heavy (non-hydrogen) atoms. The number of ether oxygens (including phenoxy) is 4. The first-order valence-corrected chi connectivity index (χ1v) is 10.3. The molecule has 174 valence electrons. The van der Waals surface area contributed by atoms with E-state index < -0.39 is 5.91 Å². The number of nitrogens with one attached hydrogen (secondary N) is 1. The zero-order valence-corrected chi connectivity index (χ0v) is 19.1. The minimum atomic E-state index is -0.449. The quantitative estimate of drug-likeness (QED) is 0.424. The van der Waals surface area contributed by atoms with Gasteiger partial charge < -0.3 is 23.4 Å². The molecule has 0 saturated carbocycles. The van der Waals surface area contributed by atoms with E-state index in [-0.39, 0.29) is 16.9 Å². The molecule has 1 heterocycles. The van der Waals surface area contributed by atoms with Crippen molar-refractivity contribution < 1.29 is 28.2 Å². The molecule has 0 aliphatic heterocycles. The second-order valence-electron chi connectivity index (χ2n) is 7.23. The number of fused-ring (bicyclic) bond motifs is 1. The van der Waals surface area contributed by atoms with Crippen LogP contribution in [0.15, 0.2) is 69.9 Å². The van der Waals surface area contributed by atoms with E-state index in [0.29, 0.717) is 45.1 Å². The summed E-state index contributed by atoms with van der Waals surface area (Å²) in [4.78, 5) is 26.6. The number of methoxy groups -OCH3 is 4. The molecule has 4 aromatic rings. The Labute approximate surface area is 195 Å². The molecule has 3 aromatic carbocycles. The predicted octanol–water partition coefficient (Wildman–Crippen LogP) is 4.75. The highest BCUT2D eigenvalue weighted by Gasteiger charge is 2.22. The third-order valence-electron chi connectivity index (χ3n) is 5.33. The van der Waals surface area contributed by atoms with Gasteiger partial charge in [-0.1, -0.05) is 12.1 Å². The van der Waals surface area contributed by atoms with Crippen LogP contribution < -0.4 is 29.7 Å². The topological polar surface area (TPSA) is 96.2 Å². The van der Waals surface area contributed by atoms with Crippen LogP contribution in [0.2, 0.25) is 0 Å². The minimum absolute atomic E-state index is 0.00112. The summed E-state index contributed by atoms with van der Waals surface area (Å²) in [7, 11) is 6.00. The highest BCUT2D eigenvalue weighted by molar-refractivity contribution is 6.06. The third-order valence-corrected chi connectivity index (χ3v) is 5.33. The van der Waals surface area contributed by atoms with Gasteiger partial charge in [0, 0.05) is 5.56 Å². The molecule has 0 atom stereocenters. The lowest BCUT2D eigenvalue weighted by molar-refractivity contribution is 0.102. The number of carbonyl (C=O) groups is 1. The summed E-state index contributed by atoms with van der Waals surface area (Å²) in [6, 6.07) is 16.7. The maximum Gasteiger partial charge on any atom is 0.257 e. The first-order chi connectivity index (χ1) is 16.5. The van der Waals surface area contributed by atoms with Crippen LogP contribution in [0.25, 0.3) is 22.1 Å². The molecule has 0 aliphatic carbocycles. The van der Waals surface area contributed by atoms with Crippen molar-refractivity contribution in [3.05, 3.63) is 76.5 Å². The van der Waals surface area contributed by atoms with Gasteiger partial charge in [-0.3, -0.25) is 14.9 Å². The molecule has 0 radical (unpaired) electrons. The molecule has 1 N–H and O–H groups in total. The molecule has 0 saturated heterocycles. The lowest BCUT2D eigenvalue weighted by Gasteiger charge is -2.16. The summed E-state index contributed by atoms with van der Waals surface area (Å²) in [5.74, 6) is 1.26. The molecule has 0 fully saturated rings. The predicted molar refractivity (Wildman–Crippen MR) is 129 cm³/mol. The maximum absolute atomic E-state index is 13.6. The van der Waals surface area contributed by atoms with Crippen molar-refractivity contribution in [1.29, 1.82) is 0 Å². The Kier molecular flexibility index (Phi) is 6.40. The van der Waals surface area contributed by atoms with Crippen LogP contribution >= 0.6 is 0 Å². The SMILES string of the molecule is COc1ccc(C(=O)Nc2oc3ccccc3c(=O)c2-c2cc(OC)c(OC)c(OC)c2)cc1. The van der Waals surface area contributed by atoms with E-state index in [2.05, 4.69) is 5.32 Å². The van der Waals surface area contributed by atoms with Crippen molar-refractivity contribution in [1.82, 2.24) is 0 Å². The minimum Gasteiger partial charge on any atom is -0.497 e. The van der Waals surface area contributed by atoms with E-state index in [1.807, 2.05) is 0 Å². The van der Waals surface area contributed by atoms with Crippen molar-refractivity contribution in [2.24, 2.45) is 0 Å². The van der Waals surface area contributed by atoms with Crippen LogP contribution in [-0.4, -0.2) is 34.3 Å².